The van der Waals surface area contributed by atoms with Crippen molar-refractivity contribution in [2.24, 2.45) is 0 Å². The number of nitrogens with one attached hydrogen (secondary N) is 1. The molecule has 1 aromatic carbocycles. The van der Waals surface area contributed by atoms with Gasteiger partial charge in [0.25, 0.3) is 5.91 Å². The highest BCUT2D eigenvalue weighted by atomic mass is 19.2. The molecule has 6 nitrogen and oxygen atoms in total. The molecule has 0 unspecified atom stereocenters. The predicted molar refractivity (Wildman–Crippen MR) is 64.2 cm³/mol. The molecule has 1 aromatic heterocycles. The number of carbonyl (C=O) groups is 2. The van der Waals surface area contributed by atoms with Crippen LogP contribution in [-0.4, -0.2) is 26.8 Å². The summed E-state index contributed by atoms with van der Waals surface area (Å²) in [6, 6.07) is 2.75. The van der Waals surface area contributed by atoms with E-state index in [-0.39, 0.29) is 17.8 Å². The first kappa shape index (κ1) is 13.7. The number of hydrogen-bond acceptors (Lipinski definition) is 3. The highest BCUT2D eigenvalue weighted by Crippen LogP contribution is 2.12. The lowest BCUT2D eigenvalue weighted by atomic mass is 10.2. The zero-order valence-corrected chi connectivity index (χ0v) is 10.0. The molecule has 0 saturated heterocycles. The molecule has 0 bridgehead atoms. The van der Waals surface area contributed by atoms with Crippen LogP contribution in [0.2, 0.25) is 0 Å². The zero-order valence-electron chi connectivity index (χ0n) is 10.0. The first-order valence-corrected chi connectivity index (χ1v) is 5.46. The molecular weight excluding hydrogens is 272 g/mol. The van der Waals surface area contributed by atoms with Crippen LogP contribution in [0.15, 0.2) is 30.6 Å². The summed E-state index contributed by atoms with van der Waals surface area (Å²) in [5, 5.41) is 14.7. The van der Waals surface area contributed by atoms with E-state index in [9.17, 15) is 18.4 Å². The molecule has 2 aromatic rings. The summed E-state index contributed by atoms with van der Waals surface area (Å²) in [7, 11) is 0. The Balaban J connectivity index is 2.09. The van der Waals surface area contributed by atoms with Crippen LogP contribution in [0.25, 0.3) is 0 Å². The largest absolute Gasteiger partial charge is 0.480 e. The van der Waals surface area contributed by atoms with Crippen molar-refractivity contribution in [1.29, 1.82) is 0 Å². The molecule has 0 spiro atoms. The van der Waals surface area contributed by atoms with Crippen LogP contribution in [-0.2, 0) is 11.3 Å². The maximum Gasteiger partial charge on any atom is 0.325 e. The van der Waals surface area contributed by atoms with Gasteiger partial charge in [-0.05, 0) is 18.2 Å². The second-order valence-electron chi connectivity index (χ2n) is 3.90. The van der Waals surface area contributed by atoms with Crippen molar-refractivity contribution >= 4 is 17.6 Å². The third-order valence-electron chi connectivity index (χ3n) is 2.37. The van der Waals surface area contributed by atoms with E-state index < -0.39 is 23.5 Å². The predicted octanol–water partition coefficient (Wildman–Crippen LogP) is 1.50. The molecule has 20 heavy (non-hydrogen) atoms. The van der Waals surface area contributed by atoms with Crippen molar-refractivity contribution in [3.63, 3.8) is 0 Å². The third-order valence-corrected chi connectivity index (χ3v) is 2.37. The van der Waals surface area contributed by atoms with Crippen LogP contribution in [0.1, 0.15) is 10.4 Å². The fourth-order valence-electron chi connectivity index (χ4n) is 1.49. The molecule has 0 saturated carbocycles. The molecule has 0 aliphatic carbocycles. The Bertz CT molecular complexity index is 670. The van der Waals surface area contributed by atoms with Crippen LogP contribution >= 0.6 is 0 Å². The number of amides is 1. The molecule has 0 radical (unpaired) electrons. The van der Waals surface area contributed by atoms with Gasteiger partial charge in [0, 0.05) is 11.8 Å². The number of anilines is 1. The minimum atomic E-state index is -1.13. The zero-order chi connectivity index (χ0) is 14.7. The van der Waals surface area contributed by atoms with Gasteiger partial charge in [0.2, 0.25) is 0 Å². The smallest absolute Gasteiger partial charge is 0.325 e. The Morgan fingerprint density at radius 1 is 1.30 bits per heavy atom. The normalized spacial score (nSPS) is 10.3. The number of carbonyl (C=O) groups excluding carboxylic acids is 1. The van der Waals surface area contributed by atoms with Gasteiger partial charge in [0.05, 0.1) is 11.9 Å². The van der Waals surface area contributed by atoms with Crippen molar-refractivity contribution in [3.05, 3.63) is 47.8 Å². The summed E-state index contributed by atoms with van der Waals surface area (Å²) >= 11 is 0. The fraction of sp³-hybridized carbons (Fsp3) is 0.0833. The molecule has 8 heteroatoms. The highest BCUT2D eigenvalue weighted by Gasteiger charge is 2.11. The molecule has 104 valence electrons. The lowest BCUT2D eigenvalue weighted by molar-refractivity contribution is -0.137. The van der Waals surface area contributed by atoms with Crippen LogP contribution in [0.5, 0.6) is 0 Å². The summed E-state index contributed by atoms with van der Waals surface area (Å²) in [6.45, 7) is -0.346. The Hall–Kier alpha value is -2.77. The summed E-state index contributed by atoms with van der Waals surface area (Å²) in [4.78, 5) is 22.2. The molecule has 1 amide bonds. The Morgan fingerprint density at radius 3 is 2.70 bits per heavy atom. The van der Waals surface area contributed by atoms with E-state index in [1.54, 1.807) is 0 Å². The maximum absolute atomic E-state index is 13.0. The lowest BCUT2D eigenvalue weighted by Crippen LogP contribution is -2.12. The van der Waals surface area contributed by atoms with Crippen molar-refractivity contribution in [3.8, 4) is 0 Å². The van der Waals surface area contributed by atoms with Crippen LogP contribution in [0.4, 0.5) is 14.5 Å². The van der Waals surface area contributed by atoms with Gasteiger partial charge < -0.3 is 10.4 Å². The number of halogens is 2. The van der Waals surface area contributed by atoms with Crippen molar-refractivity contribution < 1.29 is 23.5 Å². The lowest BCUT2D eigenvalue weighted by Gasteiger charge is -2.02. The van der Waals surface area contributed by atoms with E-state index >= 15 is 0 Å². The van der Waals surface area contributed by atoms with Crippen LogP contribution in [0, 0.1) is 11.6 Å². The standard InChI is InChI=1S/C12H9F2N3O3/c13-9-2-1-7(3-10(9)14)12(20)16-8-4-15-17(5-8)6-11(18)19/h1-5H,6H2,(H,16,20)(H,18,19). The first-order valence-electron chi connectivity index (χ1n) is 5.46. The Morgan fingerprint density at radius 2 is 2.05 bits per heavy atom. The number of rotatable bonds is 4. The van der Waals surface area contributed by atoms with E-state index in [4.69, 9.17) is 5.11 Å². The monoisotopic (exact) mass is 281 g/mol. The van der Waals surface area contributed by atoms with Gasteiger partial charge in [0.1, 0.15) is 6.54 Å². The molecule has 2 rings (SSSR count). The molecule has 2 N–H and O–H groups in total. The first-order chi connectivity index (χ1) is 9.45. The second kappa shape index (κ2) is 5.47. The van der Waals surface area contributed by atoms with E-state index in [1.807, 2.05) is 0 Å². The van der Waals surface area contributed by atoms with Gasteiger partial charge in [-0.25, -0.2) is 8.78 Å². The number of aromatic nitrogens is 2. The van der Waals surface area contributed by atoms with E-state index in [2.05, 4.69) is 10.4 Å². The van der Waals surface area contributed by atoms with E-state index in [1.165, 1.54) is 12.4 Å². The van der Waals surface area contributed by atoms with E-state index in [0.29, 0.717) is 0 Å². The number of nitrogens with zero attached hydrogens (tertiary/aromatic N) is 2. The molecule has 0 aliphatic heterocycles. The average molecular weight is 281 g/mol. The van der Waals surface area contributed by atoms with Gasteiger partial charge in [-0.3, -0.25) is 14.3 Å². The number of aliphatic carboxylic acids is 1. The molecule has 0 fully saturated rings. The second-order valence-corrected chi connectivity index (χ2v) is 3.90. The summed E-state index contributed by atoms with van der Waals surface area (Å²) in [5.74, 6) is -3.90. The number of carboxylic acid groups (broad SMARTS) is 1. The van der Waals surface area contributed by atoms with Gasteiger partial charge >= 0.3 is 5.97 Å². The molecular formula is C12H9F2N3O3. The molecule has 1 heterocycles. The number of benzene rings is 1. The minimum absolute atomic E-state index is 0.0603. The van der Waals surface area contributed by atoms with Crippen molar-refractivity contribution in [2.75, 3.05) is 5.32 Å². The Kier molecular flexibility index (Phi) is 3.74. The number of hydrogen-bond donors (Lipinski definition) is 2. The summed E-state index contributed by atoms with van der Waals surface area (Å²) in [5.41, 5.74) is 0.191. The molecule has 0 atom stereocenters. The summed E-state index contributed by atoms with van der Waals surface area (Å²) < 4.78 is 26.8. The van der Waals surface area contributed by atoms with Crippen molar-refractivity contribution in [1.82, 2.24) is 9.78 Å². The SMILES string of the molecule is O=C(O)Cn1cc(NC(=O)c2ccc(F)c(F)c2)cn1. The highest BCUT2D eigenvalue weighted by molar-refractivity contribution is 6.04. The van der Waals surface area contributed by atoms with Crippen molar-refractivity contribution in [2.45, 2.75) is 6.54 Å². The Labute approximate surface area is 111 Å². The maximum atomic E-state index is 13.0. The third kappa shape index (κ3) is 3.16. The van der Waals surface area contributed by atoms with E-state index in [0.717, 1.165) is 22.9 Å². The number of carboxylic acids is 1. The van der Waals surface area contributed by atoms with Crippen LogP contribution < -0.4 is 5.32 Å². The van der Waals surface area contributed by atoms with Gasteiger partial charge in [0.15, 0.2) is 11.6 Å². The summed E-state index contributed by atoms with van der Waals surface area (Å²) in [6.07, 6.45) is 2.56. The topological polar surface area (TPSA) is 84.2 Å². The van der Waals surface area contributed by atoms with Crippen LogP contribution in [0.3, 0.4) is 0 Å². The van der Waals surface area contributed by atoms with Gasteiger partial charge in [-0.1, -0.05) is 0 Å². The average Bonchev–Trinajstić information content (AvgIpc) is 2.79. The minimum Gasteiger partial charge on any atom is -0.480 e. The molecule has 0 aliphatic rings. The fourth-order valence-corrected chi connectivity index (χ4v) is 1.49. The van der Waals surface area contributed by atoms with Gasteiger partial charge in [-0.2, -0.15) is 5.10 Å². The van der Waals surface area contributed by atoms with Gasteiger partial charge in [-0.15, -0.1) is 0 Å². The quantitative estimate of drug-likeness (QED) is 0.889.